The Bertz CT molecular complexity index is 1360. The highest BCUT2D eigenvalue weighted by atomic mass is 79.9. The maximum Gasteiger partial charge on any atom is 0.270 e. The summed E-state index contributed by atoms with van der Waals surface area (Å²) < 4.78 is 25.4. The van der Waals surface area contributed by atoms with Crippen LogP contribution in [0.1, 0.15) is 16.7 Å². The van der Waals surface area contributed by atoms with Crippen LogP contribution in [-0.2, 0) is 16.2 Å². The van der Waals surface area contributed by atoms with E-state index in [1.807, 2.05) is 31.2 Å². The molecule has 178 valence electrons. The molecule has 1 fully saturated rings. The average Bonchev–Trinajstić information content (AvgIpc) is 2.82. The number of hydrogen-bond donors (Lipinski definition) is 1. The zero-order valence-electron chi connectivity index (χ0n) is 18.8. The van der Waals surface area contributed by atoms with Crippen LogP contribution in [0.5, 0.6) is 11.5 Å². The van der Waals surface area contributed by atoms with Gasteiger partial charge >= 0.3 is 0 Å². The number of rotatable bonds is 6. The van der Waals surface area contributed by atoms with Crippen molar-refractivity contribution in [2.24, 2.45) is 0 Å². The number of anilines is 1. The SMILES string of the molecule is COc1cc(/C=C2/C(=O)NC(=S)N(c3ccc(F)cc3)C2=O)c(Br)cc1OCc1cccc(C)c1. The molecule has 1 aliphatic heterocycles. The molecule has 1 saturated heterocycles. The highest BCUT2D eigenvalue weighted by molar-refractivity contribution is 9.10. The Kier molecular flexibility index (Phi) is 7.28. The minimum atomic E-state index is -0.635. The third-order valence-electron chi connectivity index (χ3n) is 5.25. The van der Waals surface area contributed by atoms with E-state index in [1.54, 1.807) is 12.1 Å². The van der Waals surface area contributed by atoms with Gasteiger partial charge in [0, 0.05) is 4.47 Å². The van der Waals surface area contributed by atoms with Gasteiger partial charge in [0.1, 0.15) is 18.0 Å². The predicted molar refractivity (Wildman–Crippen MR) is 139 cm³/mol. The lowest BCUT2D eigenvalue weighted by Gasteiger charge is -2.29. The largest absolute Gasteiger partial charge is 0.493 e. The van der Waals surface area contributed by atoms with Gasteiger partial charge in [-0.25, -0.2) is 4.39 Å². The summed E-state index contributed by atoms with van der Waals surface area (Å²) in [6, 6.07) is 16.6. The predicted octanol–water partition coefficient (Wildman–Crippen LogP) is 5.32. The van der Waals surface area contributed by atoms with E-state index >= 15 is 0 Å². The van der Waals surface area contributed by atoms with Crippen molar-refractivity contribution in [1.29, 1.82) is 0 Å². The van der Waals surface area contributed by atoms with Gasteiger partial charge in [-0.2, -0.15) is 0 Å². The zero-order chi connectivity index (χ0) is 25.1. The van der Waals surface area contributed by atoms with Crippen LogP contribution < -0.4 is 19.7 Å². The summed E-state index contributed by atoms with van der Waals surface area (Å²) in [5.41, 5.74) is 2.86. The molecular weight excluding hydrogens is 535 g/mol. The normalized spacial score (nSPS) is 14.8. The lowest BCUT2D eigenvalue weighted by atomic mass is 10.1. The number of nitrogens with one attached hydrogen (secondary N) is 1. The van der Waals surface area contributed by atoms with Gasteiger partial charge in [0.25, 0.3) is 11.8 Å². The van der Waals surface area contributed by atoms with Crippen molar-refractivity contribution in [1.82, 2.24) is 5.32 Å². The molecule has 1 heterocycles. The van der Waals surface area contributed by atoms with Crippen molar-refractivity contribution >= 4 is 56.8 Å². The monoisotopic (exact) mass is 554 g/mol. The number of carbonyl (C=O) groups excluding carboxylic acids is 2. The summed E-state index contributed by atoms with van der Waals surface area (Å²) in [5, 5.41) is 2.43. The zero-order valence-corrected chi connectivity index (χ0v) is 21.2. The number of nitrogens with zero attached hydrogens (tertiary/aromatic N) is 1. The maximum atomic E-state index is 13.3. The van der Waals surface area contributed by atoms with Gasteiger partial charge < -0.3 is 9.47 Å². The second-order valence-corrected chi connectivity index (χ2v) is 8.98. The summed E-state index contributed by atoms with van der Waals surface area (Å²) in [6.45, 7) is 2.35. The fourth-order valence-electron chi connectivity index (χ4n) is 3.53. The van der Waals surface area contributed by atoms with Crippen molar-refractivity contribution in [3.8, 4) is 11.5 Å². The van der Waals surface area contributed by atoms with E-state index in [0.717, 1.165) is 16.0 Å². The first-order valence-electron chi connectivity index (χ1n) is 10.5. The number of methoxy groups -OCH3 is 1. The molecule has 4 rings (SSSR count). The summed E-state index contributed by atoms with van der Waals surface area (Å²) in [7, 11) is 1.51. The van der Waals surface area contributed by atoms with E-state index in [-0.39, 0.29) is 10.7 Å². The van der Waals surface area contributed by atoms with Gasteiger partial charge in [-0.05, 0) is 72.7 Å². The summed E-state index contributed by atoms with van der Waals surface area (Å²) in [5.74, 6) is -0.788. The van der Waals surface area contributed by atoms with Crippen LogP contribution in [0.25, 0.3) is 6.08 Å². The van der Waals surface area contributed by atoms with Crippen LogP contribution in [0.4, 0.5) is 10.1 Å². The second-order valence-electron chi connectivity index (χ2n) is 7.74. The molecule has 0 spiro atoms. The number of aryl methyl sites for hydroxylation is 1. The van der Waals surface area contributed by atoms with Crippen LogP contribution in [0.3, 0.4) is 0 Å². The van der Waals surface area contributed by atoms with Gasteiger partial charge in [-0.15, -0.1) is 0 Å². The number of benzene rings is 3. The molecule has 0 saturated carbocycles. The molecule has 6 nitrogen and oxygen atoms in total. The van der Waals surface area contributed by atoms with Gasteiger partial charge in [0.05, 0.1) is 12.8 Å². The minimum absolute atomic E-state index is 0.0831. The first-order chi connectivity index (χ1) is 16.8. The third kappa shape index (κ3) is 5.41. The summed E-state index contributed by atoms with van der Waals surface area (Å²) in [4.78, 5) is 27.0. The molecular formula is C26H20BrFN2O4S. The molecule has 0 aliphatic carbocycles. The van der Waals surface area contributed by atoms with Gasteiger partial charge in [-0.1, -0.05) is 45.8 Å². The Hall–Kier alpha value is -3.56. The molecule has 0 radical (unpaired) electrons. The molecule has 0 unspecified atom stereocenters. The van der Waals surface area contributed by atoms with Gasteiger partial charge in [0.2, 0.25) is 0 Å². The van der Waals surface area contributed by atoms with Gasteiger partial charge in [-0.3, -0.25) is 19.8 Å². The maximum absolute atomic E-state index is 13.3. The Morgan fingerprint density at radius 1 is 1.09 bits per heavy atom. The molecule has 0 aromatic heterocycles. The molecule has 3 aromatic carbocycles. The molecule has 1 N–H and O–H groups in total. The number of halogens is 2. The molecule has 35 heavy (non-hydrogen) atoms. The summed E-state index contributed by atoms with van der Waals surface area (Å²) >= 11 is 8.67. The van der Waals surface area contributed by atoms with E-state index in [9.17, 15) is 14.0 Å². The van der Waals surface area contributed by atoms with Crippen LogP contribution >= 0.6 is 28.1 Å². The fraction of sp³-hybridized carbons (Fsp3) is 0.115. The first-order valence-corrected chi connectivity index (χ1v) is 11.7. The number of ether oxygens (including phenoxy) is 2. The lowest BCUT2D eigenvalue weighted by Crippen LogP contribution is -2.54. The third-order valence-corrected chi connectivity index (χ3v) is 6.22. The Balaban J connectivity index is 1.64. The van der Waals surface area contributed by atoms with E-state index in [1.165, 1.54) is 37.5 Å². The van der Waals surface area contributed by atoms with Crippen molar-refractivity contribution in [3.05, 3.63) is 93.2 Å². The van der Waals surface area contributed by atoms with E-state index < -0.39 is 17.6 Å². The van der Waals surface area contributed by atoms with E-state index in [4.69, 9.17) is 21.7 Å². The molecule has 9 heteroatoms. The quantitative estimate of drug-likeness (QED) is 0.254. The number of thiocarbonyl (C=S) groups is 1. The van der Waals surface area contributed by atoms with Gasteiger partial charge in [0.15, 0.2) is 16.6 Å². The number of hydrogen-bond acceptors (Lipinski definition) is 5. The van der Waals surface area contributed by atoms with Crippen LogP contribution in [0, 0.1) is 12.7 Å². The topological polar surface area (TPSA) is 67.9 Å². The lowest BCUT2D eigenvalue weighted by molar-refractivity contribution is -0.122. The Labute approximate surface area is 215 Å². The highest BCUT2D eigenvalue weighted by Crippen LogP contribution is 2.35. The molecule has 2 amide bonds. The number of amides is 2. The minimum Gasteiger partial charge on any atom is -0.493 e. The van der Waals surface area contributed by atoms with E-state index in [2.05, 4.69) is 21.2 Å². The number of carbonyl (C=O) groups is 2. The van der Waals surface area contributed by atoms with Crippen molar-refractivity contribution in [2.75, 3.05) is 12.0 Å². The van der Waals surface area contributed by atoms with E-state index in [0.29, 0.717) is 33.8 Å². The molecule has 0 bridgehead atoms. The molecule has 1 aliphatic rings. The summed E-state index contributed by atoms with van der Waals surface area (Å²) in [6.07, 6.45) is 1.44. The van der Waals surface area contributed by atoms with Crippen LogP contribution in [0.15, 0.2) is 70.7 Å². The average molecular weight is 555 g/mol. The van der Waals surface area contributed by atoms with Crippen LogP contribution in [0.2, 0.25) is 0 Å². The van der Waals surface area contributed by atoms with Crippen molar-refractivity contribution < 1.29 is 23.5 Å². The standard InChI is InChI=1S/C26H20BrFN2O4S/c1-15-4-3-5-16(10-15)14-34-23-13-21(27)17(12-22(23)33-2)11-20-24(31)29-26(35)30(25(20)32)19-8-6-18(28)7-9-19/h3-13H,14H2,1-2H3,(H,29,31,35)/b20-11-. The Morgan fingerprint density at radius 2 is 1.83 bits per heavy atom. The highest BCUT2D eigenvalue weighted by Gasteiger charge is 2.34. The molecule has 0 atom stereocenters. The second kappa shape index (κ2) is 10.4. The smallest absolute Gasteiger partial charge is 0.270 e. The van der Waals surface area contributed by atoms with Crippen molar-refractivity contribution in [2.45, 2.75) is 13.5 Å². The first kappa shape index (κ1) is 24.6. The Morgan fingerprint density at radius 3 is 2.51 bits per heavy atom. The fourth-order valence-corrected chi connectivity index (χ4v) is 4.25. The van der Waals surface area contributed by atoms with Crippen molar-refractivity contribution in [3.63, 3.8) is 0 Å². The molecule has 3 aromatic rings. The van der Waals surface area contributed by atoms with Crippen LogP contribution in [-0.4, -0.2) is 24.0 Å².